The first-order valence-electron chi connectivity index (χ1n) is 12.8. The van der Waals surface area contributed by atoms with Crippen LogP contribution >= 0.6 is 0 Å². The van der Waals surface area contributed by atoms with Crippen LogP contribution in [0.1, 0.15) is 43.4 Å². The van der Waals surface area contributed by atoms with Crippen LogP contribution in [-0.2, 0) is 32.7 Å². The van der Waals surface area contributed by atoms with Crippen molar-refractivity contribution in [1.82, 2.24) is 13.6 Å². The number of benzene rings is 2. The number of esters is 1. The zero-order valence-corrected chi connectivity index (χ0v) is 23.6. The molecule has 0 unspecified atom stereocenters. The average Bonchev–Trinajstić information content (AvgIpc) is 3.25. The van der Waals surface area contributed by atoms with Crippen molar-refractivity contribution >= 4 is 16.2 Å². The van der Waals surface area contributed by atoms with Crippen LogP contribution in [0.25, 0.3) is 11.5 Å². The molecule has 38 heavy (non-hydrogen) atoms. The van der Waals surface area contributed by atoms with Crippen molar-refractivity contribution in [2.45, 2.75) is 47.6 Å². The highest BCUT2D eigenvalue weighted by molar-refractivity contribution is 7.86. The molecule has 0 bridgehead atoms. The van der Waals surface area contributed by atoms with Crippen molar-refractivity contribution in [1.29, 1.82) is 0 Å². The molecular formula is C28H37N3O6S. The van der Waals surface area contributed by atoms with Gasteiger partial charge in [-0.15, -0.1) is 0 Å². The van der Waals surface area contributed by atoms with Crippen molar-refractivity contribution in [3.63, 3.8) is 0 Å². The third kappa shape index (κ3) is 7.66. The van der Waals surface area contributed by atoms with E-state index in [1.165, 1.54) is 9.87 Å². The van der Waals surface area contributed by atoms with E-state index in [4.69, 9.17) is 13.9 Å². The summed E-state index contributed by atoms with van der Waals surface area (Å²) >= 11 is 0. The number of hydrogen-bond acceptors (Lipinski definition) is 7. The molecule has 0 spiro atoms. The Morgan fingerprint density at radius 3 is 2.37 bits per heavy atom. The molecule has 0 amide bonds. The highest BCUT2D eigenvalue weighted by atomic mass is 32.2. The largest absolute Gasteiger partial charge is 0.493 e. The van der Waals surface area contributed by atoms with E-state index in [1.807, 2.05) is 44.2 Å². The molecule has 0 saturated carbocycles. The van der Waals surface area contributed by atoms with Crippen LogP contribution in [0.4, 0.5) is 0 Å². The Labute approximate surface area is 225 Å². The van der Waals surface area contributed by atoms with Crippen molar-refractivity contribution in [3.05, 3.63) is 71.1 Å². The van der Waals surface area contributed by atoms with Gasteiger partial charge in [-0.1, -0.05) is 43.7 Å². The van der Waals surface area contributed by atoms with Gasteiger partial charge in [0.05, 0.1) is 18.9 Å². The van der Waals surface area contributed by atoms with E-state index in [0.717, 1.165) is 21.3 Å². The van der Waals surface area contributed by atoms with Gasteiger partial charge in [0.15, 0.2) is 0 Å². The number of carbonyl (C=O) groups excluding carboxylic acids is 1. The first-order valence-corrected chi connectivity index (χ1v) is 14.2. The number of ether oxygens (including phenoxy) is 2. The van der Waals surface area contributed by atoms with E-state index in [9.17, 15) is 13.2 Å². The zero-order valence-electron chi connectivity index (χ0n) is 22.8. The second kappa shape index (κ2) is 13.5. The SMILES string of the molecule is CCOC(=O)CN(Cc1cccc(OCCc2nc(-c3ccc(C)cc3)oc2C)c1)S(=O)(=O)N(CC)CC. The van der Waals surface area contributed by atoms with E-state index >= 15 is 0 Å². The summed E-state index contributed by atoms with van der Waals surface area (Å²) in [5.41, 5.74) is 3.61. The van der Waals surface area contributed by atoms with Gasteiger partial charge in [0.1, 0.15) is 18.1 Å². The Hall–Kier alpha value is -3.21. The van der Waals surface area contributed by atoms with Crippen LogP contribution in [0, 0.1) is 13.8 Å². The van der Waals surface area contributed by atoms with Gasteiger partial charge in [0, 0.05) is 31.6 Å². The highest BCUT2D eigenvalue weighted by Crippen LogP contribution is 2.23. The minimum Gasteiger partial charge on any atom is -0.493 e. The molecule has 2 aromatic carbocycles. The molecule has 0 saturated heterocycles. The van der Waals surface area contributed by atoms with Crippen LogP contribution in [0.15, 0.2) is 52.9 Å². The van der Waals surface area contributed by atoms with Crippen LogP contribution in [0.3, 0.4) is 0 Å². The first kappa shape index (κ1) is 29.3. The monoisotopic (exact) mass is 543 g/mol. The maximum atomic E-state index is 13.2. The summed E-state index contributed by atoms with van der Waals surface area (Å²) in [7, 11) is -3.86. The van der Waals surface area contributed by atoms with Gasteiger partial charge in [-0.3, -0.25) is 4.79 Å². The molecule has 206 valence electrons. The second-order valence-corrected chi connectivity index (χ2v) is 10.7. The summed E-state index contributed by atoms with van der Waals surface area (Å²) in [5.74, 6) is 1.33. The Kier molecular flexibility index (Phi) is 10.5. The molecule has 1 aromatic heterocycles. The van der Waals surface area contributed by atoms with E-state index in [2.05, 4.69) is 4.98 Å². The molecule has 3 rings (SSSR count). The Morgan fingerprint density at radius 1 is 1.00 bits per heavy atom. The lowest BCUT2D eigenvalue weighted by molar-refractivity contribution is -0.143. The molecule has 0 fully saturated rings. The number of aromatic nitrogens is 1. The zero-order chi connectivity index (χ0) is 27.7. The number of rotatable bonds is 14. The predicted octanol–water partition coefficient (Wildman–Crippen LogP) is 4.53. The number of hydrogen-bond donors (Lipinski definition) is 0. The number of nitrogens with zero attached hydrogens (tertiary/aromatic N) is 3. The molecule has 0 aliphatic carbocycles. The molecule has 0 aliphatic rings. The van der Waals surface area contributed by atoms with Crippen LogP contribution in [0.5, 0.6) is 5.75 Å². The van der Waals surface area contributed by atoms with Crippen LogP contribution in [0.2, 0.25) is 0 Å². The lowest BCUT2D eigenvalue weighted by atomic mass is 10.1. The van der Waals surface area contributed by atoms with E-state index in [1.54, 1.807) is 39.0 Å². The summed E-state index contributed by atoms with van der Waals surface area (Å²) in [6, 6.07) is 15.2. The minimum absolute atomic E-state index is 0.0111. The third-order valence-electron chi connectivity index (χ3n) is 6.02. The molecule has 0 N–H and O–H groups in total. The van der Waals surface area contributed by atoms with E-state index < -0.39 is 16.2 Å². The molecule has 0 aliphatic heterocycles. The van der Waals surface area contributed by atoms with Crippen molar-refractivity contribution in [2.75, 3.05) is 32.8 Å². The van der Waals surface area contributed by atoms with Crippen LogP contribution < -0.4 is 4.74 Å². The molecule has 0 atom stereocenters. The Morgan fingerprint density at radius 2 is 1.71 bits per heavy atom. The van der Waals surface area contributed by atoms with Crippen LogP contribution in [-0.4, -0.2) is 60.8 Å². The summed E-state index contributed by atoms with van der Waals surface area (Å²) in [6.07, 6.45) is 0.552. The summed E-state index contributed by atoms with van der Waals surface area (Å²) in [4.78, 5) is 16.8. The topological polar surface area (TPSA) is 102 Å². The van der Waals surface area contributed by atoms with Crippen molar-refractivity contribution in [2.24, 2.45) is 0 Å². The Bertz CT molecular complexity index is 1300. The highest BCUT2D eigenvalue weighted by Gasteiger charge is 2.30. The second-order valence-electron chi connectivity index (χ2n) is 8.80. The van der Waals surface area contributed by atoms with Gasteiger partial charge in [-0.05, 0) is 50.6 Å². The van der Waals surface area contributed by atoms with Gasteiger partial charge in [0.2, 0.25) is 5.89 Å². The molecule has 9 nitrogen and oxygen atoms in total. The number of carbonyl (C=O) groups is 1. The molecule has 1 heterocycles. The summed E-state index contributed by atoms with van der Waals surface area (Å²) in [6.45, 7) is 9.92. The number of oxazole rings is 1. The third-order valence-corrected chi connectivity index (χ3v) is 8.10. The normalized spacial score (nSPS) is 11.8. The lowest BCUT2D eigenvalue weighted by Crippen LogP contribution is -2.45. The Balaban J connectivity index is 1.68. The van der Waals surface area contributed by atoms with Crippen molar-refractivity contribution in [3.8, 4) is 17.2 Å². The standard InChI is InChI=1S/C28H37N3O6S/c1-6-30(7-2)38(33,34)31(20-27(32)35-8-3)19-23-10-9-11-25(18-23)36-17-16-26-22(5)37-28(29-26)24-14-12-21(4)13-15-24/h9-15,18H,6-8,16-17,19-20H2,1-5H3. The summed E-state index contributed by atoms with van der Waals surface area (Å²) < 4.78 is 45.7. The maximum Gasteiger partial charge on any atom is 0.321 e. The van der Waals surface area contributed by atoms with E-state index in [0.29, 0.717) is 43.3 Å². The fourth-order valence-electron chi connectivity index (χ4n) is 3.97. The number of aryl methyl sites for hydroxylation is 2. The quantitative estimate of drug-likeness (QED) is 0.275. The fraction of sp³-hybridized carbons (Fsp3) is 0.429. The minimum atomic E-state index is -3.86. The molecule has 3 aromatic rings. The first-order chi connectivity index (χ1) is 18.2. The van der Waals surface area contributed by atoms with Gasteiger partial charge in [-0.25, -0.2) is 4.98 Å². The summed E-state index contributed by atoms with van der Waals surface area (Å²) in [5, 5.41) is 0. The molecule has 10 heteroatoms. The molecular weight excluding hydrogens is 506 g/mol. The fourth-order valence-corrected chi connectivity index (χ4v) is 5.53. The lowest BCUT2D eigenvalue weighted by Gasteiger charge is -2.28. The van der Waals surface area contributed by atoms with Gasteiger partial charge < -0.3 is 13.9 Å². The molecule has 0 radical (unpaired) electrons. The van der Waals surface area contributed by atoms with Gasteiger partial charge in [0.25, 0.3) is 10.2 Å². The predicted molar refractivity (Wildman–Crippen MR) is 146 cm³/mol. The average molecular weight is 544 g/mol. The smallest absolute Gasteiger partial charge is 0.321 e. The van der Waals surface area contributed by atoms with Gasteiger partial charge >= 0.3 is 5.97 Å². The maximum absolute atomic E-state index is 13.2. The van der Waals surface area contributed by atoms with Gasteiger partial charge in [-0.2, -0.15) is 17.0 Å². The van der Waals surface area contributed by atoms with E-state index in [-0.39, 0.29) is 19.7 Å². The van der Waals surface area contributed by atoms with Crippen molar-refractivity contribution < 1.29 is 27.1 Å².